The van der Waals surface area contributed by atoms with Crippen LogP contribution in [0.1, 0.15) is 26.7 Å². The Bertz CT molecular complexity index is 159. The van der Waals surface area contributed by atoms with Crippen molar-refractivity contribution in [1.29, 1.82) is 0 Å². The van der Waals surface area contributed by atoms with Gasteiger partial charge in [-0.3, -0.25) is 4.90 Å². The van der Waals surface area contributed by atoms with Gasteiger partial charge in [-0.25, -0.2) is 0 Å². The average Bonchev–Trinajstić information content (AvgIpc) is 1.83. The van der Waals surface area contributed by atoms with Crippen molar-refractivity contribution in [2.24, 2.45) is 11.1 Å². The molecule has 1 aliphatic carbocycles. The van der Waals surface area contributed by atoms with Crippen LogP contribution in [0.25, 0.3) is 0 Å². The van der Waals surface area contributed by atoms with Crippen molar-refractivity contribution in [2.75, 3.05) is 13.1 Å². The summed E-state index contributed by atoms with van der Waals surface area (Å²) >= 11 is 0. The van der Waals surface area contributed by atoms with Gasteiger partial charge in [0, 0.05) is 25.2 Å². The molecule has 1 atom stereocenters. The van der Waals surface area contributed by atoms with Crippen molar-refractivity contribution >= 4 is 0 Å². The number of hydrogen-bond donors (Lipinski definition) is 1. The first-order valence-electron chi connectivity index (χ1n) is 4.59. The normalized spacial score (nSPS) is 37.9. The van der Waals surface area contributed by atoms with Crippen LogP contribution in [-0.2, 0) is 0 Å². The van der Waals surface area contributed by atoms with E-state index in [9.17, 15) is 0 Å². The van der Waals surface area contributed by atoms with E-state index >= 15 is 0 Å². The molecule has 1 aliphatic heterocycles. The van der Waals surface area contributed by atoms with E-state index < -0.39 is 0 Å². The van der Waals surface area contributed by atoms with Gasteiger partial charge in [-0.15, -0.1) is 0 Å². The van der Waals surface area contributed by atoms with Gasteiger partial charge in [0.05, 0.1) is 0 Å². The average molecular weight is 154 g/mol. The summed E-state index contributed by atoms with van der Waals surface area (Å²) in [7, 11) is 0. The van der Waals surface area contributed by atoms with Crippen molar-refractivity contribution in [3.63, 3.8) is 0 Å². The molecule has 0 aromatic carbocycles. The molecule has 2 heteroatoms. The quantitative estimate of drug-likeness (QED) is 0.606. The third-order valence-electron chi connectivity index (χ3n) is 3.34. The van der Waals surface area contributed by atoms with E-state index in [2.05, 4.69) is 18.7 Å². The molecule has 2 N–H and O–H groups in total. The second-order valence-corrected chi connectivity index (χ2v) is 4.76. The summed E-state index contributed by atoms with van der Waals surface area (Å²) < 4.78 is 0. The summed E-state index contributed by atoms with van der Waals surface area (Å²) in [5.74, 6) is 0. The standard InChI is InChI=1S/C9H18N2/c1-9(2)4-3-8(9)11-5-7(10)6-11/h7-8H,3-6,10H2,1-2H3. The fraction of sp³-hybridized carbons (Fsp3) is 1.00. The third kappa shape index (κ3) is 1.09. The molecule has 0 amide bonds. The molecule has 11 heavy (non-hydrogen) atoms. The zero-order valence-electron chi connectivity index (χ0n) is 7.51. The highest BCUT2D eigenvalue weighted by Crippen LogP contribution is 2.44. The molecule has 0 spiro atoms. The van der Waals surface area contributed by atoms with Gasteiger partial charge in [0.1, 0.15) is 0 Å². The van der Waals surface area contributed by atoms with Gasteiger partial charge in [-0.05, 0) is 18.3 Å². The lowest BCUT2D eigenvalue weighted by Crippen LogP contribution is -2.65. The predicted molar refractivity (Wildman–Crippen MR) is 46.4 cm³/mol. The number of likely N-dealkylation sites (tertiary alicyclic amines) is 1. The molecule has 0 aromatic heterocycles. The van der Waals surface area contributed by atoms with Gasteiger partial charge in [0.15, 0.2) is 0 Å². The highest BCUT2D eigenvalue weighted by atomic mass is 15.3. The number of nitrogens with two attached hydrogens (primary N) is 1. The Morgan fingerprint density at radius 2 is 2.00 bits per heavy atom. The number of nitrogens with zero attached hydrogens (tertiary/aromatic N) is 1. The predicted octanol–water partition coefficient (Wildman–Crippen LogP) is 0.818. The van der Waals surface area contributed by atoms with Gasteiger partial charge >= 0.3 is 0 Å². The van der Waals surface area contributed by atoms with Crippen molar-refractivity contribution in [3.8, 4) is 0 Å². The van der Waals surface area contributed by atoms with Gasteiger partial charge in [0.2, 0.25) is 0 Å². The fourth-order valence-electron chi connectivity index (χ4n) is 2.33. The molecular formula is C9H18N2. The maximum absolute atomic E-state index is 5.73. The first-order chi connectivity index (χ1) is 5.09. The summed E-state index contributed by atoms with van der Waals surface area (Å²) in [4.78, 5) is 2.54. The van der Waals surface area contributed by atoms with Gasteiger partial charge in [0.25, 0.3) is 0 Å². The molecule has 0 aromatic rings. The molecule has 1 heterocycles. The van der Waals surface area contributed by atoms with Crippen LogP contribution in [0.3, 0.4) is 0 Å². The molecule has 2 rings (SSSR count). The van der Waals surface area contributed by atoms with E-state index in [0.29, 0.717) is 11.5 Å². The Balaban J connectivity index is 1.88. The minimum absolute atomic E-state index is 0.464. The molecule has 2 nitrogen and oxygen atoms in total. The van der Waals surface area contributed by atoms with Crippen LogP contribution in [0, 0.1) is 5.41 Å². The Labute approximate surface area is 68.7 Å². The maximum atomic E-state index is 5.73. The van der Waals surface area contributed by atoms with E-state index in [1.807, 2.05) is 0 Å². The summed E-state index contributed by atoms with van der Waals surface area (Å²) in [6.45, 7) is 7.00. The van der Waals surface area contributed by atoms with E-state index in [0.717, 1.165) is 19.1 Å². The maximum Gasteiger partial charge on any atom is 0.0297 e. The van der Waals surface area contributed by atoms with Gasteiger partial charge in [-0.1, -0.05) is 13.8 Å². The van der Waals surface area contributed by atoms with E-state index in [4.69, 9.17) is 5.73 Å². The van der Waals surface area contributed by atoms with E-state index in [1.54, 1.807) is 0 Å². The summed E-state index contributed by atoms with van der Waals surface area (Å²) in [6, 6.07) is 1.30. The molecule has 2 aliphatic rings. The van der Waals surface area contributed by atoms with Crippen LogP contribution in [0.15, 0.2) is 0 Å². The van der Waals surface area contributed by atoms with E-state index in [1.165, 1.54) is 12.8 Å². The summed E-state index contributed by atoms with van der Waals surface area (Å²) in [6.07, 6.45) is 2.78. The fourth-order valence-corrected chi connectivity index (χ4v) is 2.33. The number of hydrogen-bond acceptors (Lipinski definition) is 2. The van der Waals surface area contributed by atoms with Crippen molar-refractivity contribution < 1.29 is 0 Å². The highest BCUT2D eigenvalue weighted by Gasteiger charge is 2.45. The highest BCUT2D eigenvalue weighted by molar-refractivity contribution is 5.00. The van der Waals surface area contributed by atoms with Gasteiger partial charge in [-0.2, -0.15) is 0 Å². The monoisotopic (exact) mass is 154 g/mol. The SMILES string of the molecule is CC1(C)CCC1N1CC(N)C1. The molecule has 1 unspecified atom stereocenters. The molecule has 2 fully saturated rings. The smallest absolute Gasteiger partial charge is 0.0297 e. The largest absolute Gasteiger partial charge is 0.325 e. The second-order valence-electron chi connectivity index (χ2n) is 4.76. The zero-order chi connectivity index (χ0) is 8.06. The van der Waals surface area contributed by atoms with Crippen LogP contribution in [0.5, 0.6) is 0 Å². The lowest BCUT2D eigenvalue weighted by atomic mass is 9.66. The topological polar surface area (TPSA) is 29.3 Å². The van der Waals surface area contributed by atoms with Crippen molar-refractivity contribution in [1.82, 2.24) is 4.90 Å². The minimum atomic E-state index is 0.464. The lowest BCUT2D eigenvalue weighted by molar-refractivity contribution is -0.0424. The molecule has 0 radical (unpaired) electrons. The Kier molecular flexibility index (Phi) is 1.52. The summed E-state index contributed by atoms with van der Waals surface area (Å²) in [5, 5.41) is 0. The van der Waals surface area contributed by atoms with Crippen LogP contribution in [0.4, 0.5) is 0 Å². The number of rotatable bonds is 1. The molecule has 1 saturated heterocycles. The molecule has 1 saturated carbocycles. The first-order valence-corrected chi connectivity index (χ1v) is 4.59. The van der Waals surface area contributed by atoms with Crippen molar-refractivity contribution in [2.45, 2.75) is 38.8 Å². The van der Waals surface area contributed by atoms with Gasteiger partial charge < -0.3 is 5.73 Å². The van der Waals surface area contributed by atoms with Crippen LogP contribution >= 0.6 is 0 Å². The second kappa shape index (κ2) is 2.20. The lowest BCUT2D eigenvalue weighted by Gasteiger charge is -2.55. The van der Waals surface area contributed by atoms with Crippen molar-refractivity contribution in [3.05, 3.63) is 0 Å². The Morgan fingerprint density at radius 1 is 1.36 bits per heavy atom. The summed E-state index contributed by atoms with van der Waals surface area (Å²) in [5.41, 5.74) is 6.30. The molecule has 64 valence electrons. The van der Waals surface area contributed by atoms with Crippen LogP contribution in [-0.4, -0.2) is 30.1 Å². The van der Waals surface area contributed by atoms with Crippen LogP contribution in [0.2, 0.25) is 0 Å². The third-order valence-corrected chi connectivity index (χ3v) is 3.34. The minimum Gasteiger partial charge on any atom is -0.325 e. The van der Waals surface area contributed by atoms with E-state index in [-0.39, 0.29) is 0 Å². The molecule has 0 bridgehead atoms. The molecular weight excluding hydrogens is 136 g/mol. The zero-order valence-corrected chi connectivity index (χ0v) is 7.51. The Morgan fingerprint density at radius 3 is 2.27 bits per heavy atom. The van der Waals surface area contributed by atoms with Crippen LogP contribution < -0.4 is 5.73 Å². The first kappa shape index (κ1) is 7.56. The Hall–Kier alpha value is -0.0800.